The molecule has 0 bridgehead atoms. The molecule has 1 spiro atoms. The van der Waals surface area contributed by atoms with Gasteiger partial charge in [0.15, 0.2) is 0 Å². The molecule has 2 aliphatic rings. The highest BCUT2D eigenvalue weighted by Crippen LogP contribution is 2.35. The molecule has 142 valence electrons. The quantitative estimate of drug-likeness (QED) is 0.832. The van der Waals surface area contributed by atoms with Crippen LogP contribution in [0.4, 0.5) is 5.69 Å². The van der Waals surface area contributed by atoms with Gasteiger partial charge in [-0.2, -0.15) is 0 Å². The Bertz CT molecular complexity index is 754. The van der Waals surface area contributed by atoms with Crippen LogP contribution in [0.25, 0.3) is 0 Å². The third-order valence-electron chi connectivity index (χ3n) is 5.88. The maximum Gasteiger partial charge on any atom is 0.255 e. The van der Waals surface area contributed by atoms with E-state index < -0.39 is 0 Å². The highest BCUT2D eigenvalue weighted by Gasteiger charge is 2.45. The van der Waals surface area contributed by atoms with Crippen LogP contribution in [-0.4, -0.2) is 48.7 Å². The summed E-state index contributed by atoms with van der Waals surface area (Å²) in [7, 11) is 0. The second kappa shape index (κ2) is 7.83. The van der Waals surface area contributed by atoms with Crippen molar-refractivity contribution in [2.24, 2.45) is 0 Å². The van der Waals surface area contributed by atoms with Crippen molar-refractivity contribution in [1.82, 2.24) is 4.90 Å². The van der Waals surface area contributed by atoms with E-state index in [0.717, 1.165) is 44.6 Å². The molecule has 2 aliphatic heterocycles. The first-order valence-corrected chi connectivity index (χ1v) is 9.96. The molecule has 2 saturated heterocycles. The van der Waals surface area contributed by atoms with Crippen molar-refractivity contribution >= 4 is 11.6 Å². The largest absolute Gasteiger partial charge is 0.360 e. The smallest absolute Gasteiger partial charge is 0.255 e. The first-order valence-electron chi connectivity index (χ1n) is 9.96. The maximum absolute atomic E-state index is 12.7. The second-order valence-electron chi connectivity index (χ2n) is 7.78. The Balaban J connectivity index is 1.38. The lowest BCUT2D eigenvalue weighted by Crippen LogP contribution is -2.61. The molecular weight excluding hydrogens is 336 g/mol. The average molecular weight is 364 g/mol. The molecule has 0 aliphatic carbocycles. The van der Waals surface area contributed by atoms with Crippen LogP contribution in [-0.2, 0) is 16.0 Å². The van der Waals surface area contributed by atoms with Gasteiger partial charge in [-0.3, -0.25) is 4.79 Å². The van der Waals surface area contributed by atoms with E-state index in [-0.39, 0.29) is 17.6 Å². The minimum absolute atomic E-state index is 0.0679. The predicted molar refractivity (Wildman–Crippen MR) is 108 cm³/mol. The number of carbonyl (C=O) groups is 1. The van der Waals surface area contributed by atoms with Gasteiger partial charge in [-0.1, -0.05) is 48.5 Å². The van der Waals surface area contributed by atoms with Gasteiger partial charge in [-0.25, -0.2) is 0 Å². The van der Waals surface area contributed by atoms with E-state index in [4.69, 9.17) is 4.74 Å². The molecule has 0 unspecified atom stereocenters. The Hall–Kier alpha value is -2.17. The van der Waals surface area contributed by atoms with Gasteiger partial charge in [-0.05, 0) is 43.9 Å². The summed E-state index contributed by atoms with van der Waals surface area (Å²) in [6.07, 6.45) is 2.65. The summed E-state index contributed by atoms with van der Waals surface area (Å²) in [6.45, 7) is 5.68. The number of likely N-dealkylation sites (tertiary alicyclic amines) is 1. The SMILES string of the molecule is C[C@H]1OC2(CCN(CCc3ccccc3)CC2)CN(c2ccccc2)C1=O. The van der Waals surface area contributed by atoms with Crippen LogP contribution >= 0.6 is 0 Å². The average Bonchev–Trinajstić information content (AvgIpc) is 2.72. The van der Waals surface area contributed by atoms with E-state index in [9.17, 15) is 4.79 Å². The fourth-order valence-corrected chi connectivity index (χ4v) is 4.27. The molecule has 2 aromatic rings. The predicted octanol–water partition coefficient (Wildman–Crippen LogP) is 3.52. The summed E-state index contributed by atoms with van der Waals surface area (Å²) in [5.74, 6) is 0.0679. The van der Waals surface area contributed by atoms with E-state index in [1.165, 1.54) is 5.56 Å². The number of anilines is 1. The van der Waals surface area contributed by atoms with Crippen molar-refractivity contribution in [3.63, 3.8) is 0 Å². The summed E-state index contributed by atoms with van der Waals surface area (Å²) < 4.78 is 6.27. The zero-order valence-electron chi connectivity index (χ0n) is 16.0. The molecule has 0 aromatic heterocycles. The van der Waals surface area contributed by atoms with Gasteiger partial charge >= 0.3 is 0 Å². The fraction of sp³-hybridized carbons (Fsp3) is 0.435. The third kappa shape index (κ3) is 4.07. The van der Waals surface area contributed by atoms with Crippen LogP contribution in [0.2, 0.25) is 0 Å². The number of amides is 1. The molecule has 2 fully saturated rings. The molecule has 4 rings (SSSR count). The number of para-hydroxylation sites is 1. The lowest BCUT2D eigenvalue weighted by Gasteiger charge is -2.49. The number of nitrogens with zero attached hydrogens (tertiary/aromatic N) is 2. The number of hydrogen-bond donors (Lipinski definition) is 0. The van der Waals surface area contributed by atoms with E-state index >= 15 is 0 Å². The fourth-order valence-electron chi connectivity index (χ4n) is 4.27. The molecule has 2 heterocycles. The number of benzene rings is 2. The second-order valence-corrected chi connectivity index (χ2v) is 7.78. The zero-order valence-corrected chi connectivity index (χ0v) is 16.0. The minimum atomic E-state index is -0.380. The number of piperidine rings is 1. The number of morpholine rings is 1. The Morgan fingerprint density at radius 1 is 1.00 bits per heavy atom. The molecule has 27 heavy (non-hydrogen) atoms. The van der Waals surface area contributed by atoms with E-state index in [1.807, 2.05) is 42.2 Å². The Labute approximate surface area is 161 Å². The van der Waals surface area contributed by atoms with Crippen LogP contribution in [0.3, 0.4) is 0 Å². The number of rotatable bonds is 4. The molecule has 2 aromatic carbocycles. The van der Waals surface area contributed by atoms with Gasteiger partial charge < -0.3 is 14.5 Å². The van der Waals surface area contributed by atoms with Crippen molar-refractivity contribution < 1.29 is 9.53 Å². The zero-order chi connectivity index (χ0) is 18.7. The number of ether oxygens (including phenoxy) is 1. The van der Waals surface area contributed by atoms with Gasteiger partial charge in [0.1, 0.15) is 6.10 Å². The molecule has 0 saturated carbocycles. The Morgan fingerprint density at radius 2 is 1.63 bits per heavy atom. The van der Waals surface area contributed by atoms with Crippen molar-refractivity contribution in [2.75, 3.05) is 31.1 Å². The van der Waals surface area contributed by atoms with E-state index in [0.29, 0.717) is 6.54 Å². The highest BCUT2D eigenvalue weighted by atomic mass is 16.5. The molecular formula is C23H28N2O2. The van der Waals surface area contributed by atoms with Gasteiger partial charge in [-0.15, -0.1) is 0 Å². The van der Waals surface area contributed by atoms with Crippen molar-refractivity contribution in [3.05, 3.63) is 66.2 Å². The summed E-state index contributed by atoms with van der Waals surface area (Å²) >= 11 is 0. The van der Waals surface area contributed by atoms with Crippen LogP contribution in [0.1, 0.15) is 25.3 Å². The maximum atomic E-state index is 12.7. The molecule has 4 heteroatoms. The Kier molecular flexibility index (Phi) is 5.28. The van der Waals surface area contributed by atoms with E-state index in [2.05, 4.69) is 35.2 Å². The summed E-state index contributed by atoms with van der Waals surface area (Å²) in [5.41, 5.74) is 2.15. The van der Waals surface area contributed by atoms with Crippen LogP contribution in [0.5, 0.6) is 0 Å². The topological polar surface area (TPSA) is 32.8 Å². The van der Waals surface area contributed by atoms with Crippen molar-refractivity contribution in [2.45, 2.75) is 37.9 Å². The first-order chi connectivity index (χ1) is 13.2. The number of carbonyl (C=O) groups excluding carboxylic acids is 1. The van der Waals surface area contributed by atoms with Gasteiger partial charge in [0.25, 0.3) is 5.91 Å². The Morgan fingerprint density at radius 3 is 2.30 bits per heavy atom. The molecule has 1 amide bonds. The molecule has 1 atom stereocenters. The third-order valence-corrected chi connectivity index (χ3v) is 5.88. The molecule has 0 N–H and O–H groups in total. The van der Waals surface area contributed by atoms with Crippen LogP contribution in [0, 0.1) is 0 Å². The monoisotopic (exact) mass is 364 g/mol. The summed E-state index contributed by atoms with van der Waals surface area (Å²) in [5, 5.41) is 0. The number of hydrogen-bond acceptors (Lipinski definition) is 3. The van der Waals surface area contributed by atoms with Crippen LogP contribution < -0.4 is 4.90 Å². The van der Waals surface area contributed by atoms with Crippen molar-refractivity contribution in [1.29, 1.82) is 0 Å². The standard InChI is InChI=1S/C23H28N2O2/c1-19-22(26)25(21-10-6-3-7-11-21)18-23(27-19)13-16-24(17-14-23)15-12-20-8-4-2-5-9-20/h2-11,19H,12-18H2,1H3/t19-/m1/s1. The molecule has 0 radical (unpaired) electrons. The van der Waals surface area contributed by atoms with Gasteiger partial charge in [0.05, 0.1) is 12.1 Å². The van der Waals surface area contributed by atoms with Crippen LogP contribution in [0.15, 0.2) is 60.7 Å². The highest BCUT2D eigenvalue weighted by molar-refractivity contribution is 5.97. The minimum Gasteiger partial charge on any atom is -0.360 e. The van der Waals surface area contributed by atoms with E-state index in [1.54, 1.807) is 0 Å². The summed E-state index contributed by atoms with van der Waals surface area (Å²) in [4.78, 5) is 17.1. The van der Waals surface area contributed by atoms with Crippen molar-refractivity contribution in [3.8, 4) is 0 Å². The first kappa shape index (κ1) is 18.2. The van der Waals surface area contributed by atoms with Gasteiger partial charge in [0, 0.05) is 25.3 Å². The molecule has 4 nitrogen and oxygen atoms in total. The van der Waals surface area contributed by atoms with Gasteiger partial charge in [0.2, 0.25) is 0 Å². The lowest BCUT2D eigenvalue weighted by molar-refractivity contribution is -0.161. The normalized spacial score (nSPS) is 22.9. The summed E-state index contributed by atoms with van der Waals surface area (Å²) in [6, 6.07) is 20.6. The lowest BCUT2D eigenvalue weighted by atomic mass is 9.88.